The molecule has 2 amide bonds. The van der Waals surface area contributed by atoms with Crippen LogP contribution in [-0.4, -0.2) is 29.3 Å². The number of amides is 2. The van der Waals surface area contributed by atoms with E-state index in [1.165, 1.54) is 0 Å². The number of carbonyl (C=O) groups excluding carboxylic acids is 1. The number of rotatable bonds is 4. The van der Waals surface area contributed by atoms with Gasteiger partial charge < -0.3 is 15.7 Å². The maximum atomic E-state index is 11.5. The lowest BCUT2D eigenvalue weighted by molar-refractivity contribution is 0.128. The molecule has 0 aromatic carbocycles. The summed E-state index contributed by atoms with van der Waals surface area (Å²) < 4.78 is 0. The van der Waals surface area contributed by atoms with Crippen molar-refractivity contribution in [3.63, 3.8) is 0 Å². The second kappa shape index (κ2) is 5.53. The molecule has 0 saturated heterocycles. The first kappa shape index (κ1) is 15.2. The summed E-state index contributed by atoms with van der Waals surface area (Å²) in [5.74, 6) is 0. The lowest BCUT2D eigenvalue weighted by Gasteiger charge is -2.28. The first-order chi connectivity index (χ1) is 7.02. The SMILES string of the molecule is CC(O)CC(C)(C)CNC(=O)NC(C)(C)C. The summed E-state index contributed by atoms with van der Waals surface area (Å²) in [4.78, 5) is 11.5. The van der Waals surface area contributed by atoms with Gasteiger partial charge in [-0.3, -0.25) is 0 Å². The van der Waals surface area contributed by atoms with E-state index in [0.29, 0.717) is 13.0 Å². The molecule has 0 aliphatic carbocycles. The zero-order chi connectivity index (χ0) is 13.0. The highest BCUT2D eigenvalue weighted by Crippen LogP contribution is 2.20. The van der Waals surface area contributed by atoms with Crippen molar-refractivity contribution < 1.29 is 9.90 Å². The van der Waals surface area contributed by atoms with Crippen LogP contribution < -0.4 is 10.6 Å². The van der Waals surface area contributed by atoms with E-state index in [1.54, 1.807) is 6.92 Å². The number of aliphatic hydroxyl groups is 1. The molecule has 4 nitrogen and oxygen atoms in total. The fourth-order valence-corrected chi connectivity index (χ4v) is 1.58. The summed E-state index contributed by atoms with van der Waals surface area (Å²) in [6.07, 6.45) is 0.325. The first-order valence-electron chi connectivity index (χ1n) is 5.76. The van der Waals surface area contributed by atoms with Gasteiger partial charge in [-0.2, -0.15) is 0 Å². The molecule has 1 unspecified atom stereocenters. The zero-order valence-electron chi connectivity index (χ0n) is 11.3. The maximum absolute atomic E-state index is 11.5. The third-order valence-electron chi connectivity index (χ3n) is 2.06. The molecular weight excluding hydrogens is 204 g/mol. The van der Waals surface area contributed by atoms with Crippen LogP contribution in [0.5, 0.6) is 0 Å². The topological polar surface area (TPSA) is 61.4 Å². The van der Waals surface area contributed by atoms with Crippen molar-refractivity contribution >= 4 is 6.03 Å². The molecule has 0 aliphatic rings. The molecule has 0 aliphatic heterocycles. The van der Waals surface area contributed by atoms with Crippen LogP contribution in [0.25, 0.3) is 0 Å². The minimum atomic E-state index is -0.345. The highest BCUT2D eigenvalue weighted by Gasteiger charge is 2.22. The molecule has 0 rings (SSSR count). The van der Waals surface area contributed by atoms with Crippen molar-refractivity contribution in [1.82, 2.24) is 10.6 Å². The maximum Gasteiger partial charge on any atom is 0.315 e. The van der Waals surface area contributed by atoms with E-state index >= 15 is 0 Å². The monoisotopic (exact) mass is 230 g/mol. The number of hydrogen-bond donors (Lipinski definition) is 3. The largest absolute Gasteiger partial charge is 0.393 e. The van der Waals surface area contributed by atoms with E-state index in [1.807, 2.05) is 34.6 Å². The van der Waals surface area contributed by atoms with Gasteiger partial charge in [0.25, 0.3) is 0 Å². The Labute approximate surface area is 98.8 Å². The Morgan fingerprint density at radius 1 is 1.25 bits per heavy atom. The van der Waals surface area contributed by atoms with Crippen LogP contribution in [0, 0.1) is 5.41 Å². The van der Waals surface area contributed by atoms with Gasteiger partial charge in [0.05, 0.1) is 6.10 Å². The van der Waals surface area contributed by atoms with Crippen LogP contribution in [0.4, 0.5) is 4.79 Å². The van der Waals surface area contributed by atoms with E-state index < -0.39 is 0 Å². The van der Waals surface area contributed by atoms with Gasteiger partial charge in [0.1, 0.15) is 0 Å². The van der Waals surface area contributed by atoms with Gasteiger partial charge in [-0.15, -0.1) is 0 Å². The molecule has 1 atom stereocenters. The van der Waals surface area contributed by atoms with E-state index in [-0.39, 0.29) is 23.1 Å². The molecule has 0 saturated carbocycles. The highest BCUT2D eigenvalue weighted by atomic mass is 16.3. The second-order valence-corrected chi connectivity index (χ2v) is 6.28. The summed E-state index contributed by atoms with van der Waals surface area (Å²) in [6, 6.07) is -0.161. The molecule has 16 heavy (non-hydrogen) atoms. The molecule has 96 valence electrons. The van der Waals surface area contributed by atoms with Crippen LogP contribution in [0.3, 0.4) is 0 Å². The third kappa shape index (κ3) is 8.53. The molecule has 0 aromatic rings. The van der Waals surface area contributed by atoms with Crippen LogP contribution in [0.15, 0.2) is 0 Å². The molecule has 0 bridgehead atoms. The summed E-state index contributed by atoms with van der Waals surface area (Å²) in [7, 11) is 0. The van der Waals surface area contributed by atoms with E-state index in [4.69, 9.17) is 0 Å². The number of nitrogens with one attached hydrogen (secondary N) is 2. The summed E-state index contributed by atoms with van der Waals surface area (Å²) in [5.41, 5.74) is -0.318. The van der Waals surface area contributed by atoms with Crippen molar-refractivity contribution in [2.45, 2.75) is 59.6 Å². The second-order valence-electron chi connectivity index (χ2n) is 6.28. The quantitative estimate of drug-likeness (QED) is 0.690. The molecule has 0 spiro atoms. The van der Waals surface area contributed by atoms with E-state index in [2.05, 4.69) is 10.6 Å². The van der Waals surface area contributed by atoms with Crippen molar-refractivity contribution in [2.75, 3.05) is 6.54 Å². The predicted molar refractivity (Wildman–Crippen MR) is 66.4 cm³/mol. The Bertz CT molecular complexity index is 230. The van der Waals surface area contributed by atoms with E-state index in [0.717, 1.165) is 0 Å². The Hall–Kier alpha value is -0.770. The Balaban J connectivity index is 4.00. The molecule has 0 aromatic heterocycles. The van der Waals surface area contributed by atoms with Crippen molar-refractivity contribution in [3.8, 4) is 0 Å². The molecular formula is C12H26N2O2. The first-order valence-corrected chi connectivity index (χ1v) is 5.76. The average molecular weight is 230 g/mol. The van der Waals surface area contributed by atoms with E-state index in [9.17, 15) is 9.90 Å². The average Bonchev–Trinajstić information content (AvgIpc) is 1.95. The van der Waals surface area contributed by atoms with Gasteiger partial charge >= 0.3 is 6.03 Å². The summed E-state index contributed by atoms with van der Waals surface area (Å²) in [6.45, 7) is 12.2. The normalized spacial score (nSPS) is 14.4. The Morgan fingerprint density at radius 2 is 1.75 bits per heavy atom. The van der Waals surface area contributed by atoms with Gasteiger partial charge in [0, 0.05) is 12.1 Å². The zero-order valence-corrected chi connectivity index (χ0v) is 11.3. The summed E-state index contributed by atoms with van der Waals surface area (Å²) in [5, 5.41) is 15.0. The standard InChI is InChI=1S/C12H26N2O2/c1-9(15)7-12(5,6)8-13-10(16)14-11(2,3)4/h9,15H,7-8H2,1-6H3,(H2,13,14,16). The lowest BCUT2D eigenvalue weighted by Crippen LogP contribution is -2.48. The van der Waals surface area contributed by atoms with Gasteiger partial charge in [-0.05, 0) is 39.5 Å². The van der Waals surface area contributed by atoms with Gasteiger partial charge in [-0.25, -0.2) is 4.79 Å². The summed E-state index contributed by atoms with van der Waals surface area (Å²) >= 11 is 0. The number of urea groups is 1. The molecule has 0 fully saturated rings. The van der Waals surface area contributed by atoms with Crippen LogP contribution in [0.1, 0.15) is 48.0 Å². The predicted octanol–water partition coefficient (Wildman–Crippen LogP) is 1.88. The Morgan fingerprint density at radius 3 is 2.12 bits per heavy atom. The van der Waals surface area contributed by atoms with Crippen LogP contribution in [-0.2, 0) is 0 Å². The fraction of sp³-hybridized carbons (Fsp3) is 0.917. The van der Waals surface area contributed by atoms with Crippen molar-refractivity contribution in [3.05, 3.63) is 0 Å². The highest BCUT2D eigenvalue weighted by molar-refractivity contribution is 5.74. The number of aliphatic hydroxyl groups excluding tert-OH is 1. The number of carbonyl (C=O) groups is 1. The van der Waals surface area contributed by atoms with Gasteiger partial charge in [-0.1, -0.05) is 13.8 Å². The fourth-order valence-electron chi connectivity index (χ4n) is 1.58. The molecule has 4 heteroatoms. The number of hydrogen-bond acceptors (Lipinski definition) is 2. The van der Waals surface area contributed by atoms with Gasteiger partial charge in [0.2, 0.25) is 0 Å². The van der Waals surface area contributed by atoms with Crippen LogP contribution in [0.2, 0.25) is 0 Å². The minimum absolute atomic E-state index is 0.0939. The molecule has 0 radical (unpaired) electrons. The third-order valence-corrected chi connectivity index (χ3v) is 2.06. The minimum Gasteiger partial charge on any atom is -0.393 e. The van der Waals surface area contributed by atoms with Gasteiger partial charge in [0.15, 0.2) is 0 Å². The molecule has 0 heterocycles. The smallest absolute Gasteiger partial charge is 0.315 e. The molecule has 3 N–H and O–H groups in total. The van der Waals surface area contributed by atoms with Crippen molar-refractivity contribution in [2.24, 2.45) is 5.41 Å². The lowest BCUT2D eigenvalue weighted by atomic mass is 9.87. The van der Waals surface area contributed by atoms with Crippen LogP contribution >= 0.6 is 0 Å². The Kier molecular flexibility index (Phi) is 5.26. The van der Waals surface area contributed by atoms with Crippen molar-refractivity contribution in [1.29, 1.82) is 0 Å².